The minimum Gasteiger partial charge on any atom is -0.462 e. The average Bonchev–Trinajstić information content (AvgIpc) is 3.48. The van der Waals surface area contributed by atoms with Gasteiger partial charge in [0.05, 0.1) is 0 Å². The van der Waals surface area contributed by atoms with E-state index in [0.717, 1.165) is 64.2 Å². The molecule has 0 saturated carbocycles. The molecule has 1 unspecified atom stereocenters. The number of carbonyl (C=O) groups excluding carboxylic acids is 3. The highest BCUT2D eigenvalue weighted by Crippen LogP contribution is 2.19. The summed E-state index contributed by atoms with van der Waals surface area (Å²) in [5.41, 5.74) is 0. The molecule has 0 spiro atoms. The molecule has 0 aliphatic rings. The van der Waals surface area contributed by atoms with E-state index in [1.165, 1.54) is 327 Å². The van der Waals surface area contributed by atoms with Crippen molar-refractivity contribution in [1.29, 1.82) is 0 Å². The summed E-state index contributed by atoms with van der Waals surface area (Å²) in [6.45, 7) is 6.68. The first-order valence-electron chi connectivity index (χ1n) is 37.8. The molecule has 0 aliphatic heterocycles. The Bertz CT molecular complexity index is 1340. The van der Waals surface area contributed by atoms with Gasteiger partial charge in [-0.25, -0.2) is 0 Å². The van der Waals surface area contributed by atoms with E-state index in [9.17, 15) is 14.4 Å². The first-order valence-corrected chi connectivity index (χ1v) is 37.8. The molecular weight excluding hydrogens is 1020 g/mol. The highest BCUT2D eigenvalue weighted by molar-refractivity contribution is 5.71. The summed E-state index contributed by atoms with van der Waals surface area (Å²) in [4.78, 5) is 38.4. The summed E-state index contributed by atoms with van der Waals surface area (Å²) in [7, 11) is 0. The van der Waals surface area contributed by atoms with Crippen molar-refractivity contribution in [3.8, 4) is 0 Å². The van der Waals surface area contributed by atoms with Gasteiger partial charge in [-0.2, -0.15) is 0 Å². The second-order valence-electron chi connectivity index (χ2n) is 25.9. The molecule has 0 saturated heterocycles. The quantitative estimate of drug-likeness (QED) is 0.0261. The highest BCUT2D eigenvalue weighted by Gasteiger charge is 2.20. The molecule has 0 aromatic rings. The van der Waals surface area contributed by atoms with Crippen LogP contribution < -0.4 is 0 Å². The summed E-state index contributed by atoms with van der Waals surface area (Å²) in [6.07, 6.45) is 89.6. The normalized spacial score (nSPS) is 12.1. The van der Waals surface area contributed by atoms with Gasteiger partial charge in [0.2, 0.25) is 0 Å². The van der Waals surface area contributed by atoms with Gasteiger partial charge in [-0.15, -0.1) is 0 Å². The van der Waals surface area contributed by atoms with Gasteiger partial charge >= 0.3 is 17.9 Å². The molecule has 0 rings (SSSR count). The van der Waals surface area contributed by atoms with Crippen LogP contribution in [0.3, 0.4) is 0 Å². The van der Waals surface area contributed by atoms with Crippen LogP contribution in [-0.2, 0) is 28.6 Å². The highest BCUT2D eigenvalue weighted by atomic mass is 16.6. The number of unbranched alkanes of at least 4 members (excludes halogenated alkanes) is 56. The molecule has 0 amide bonds. The molecule has 0 bridgehead atoms. The number of allylic oxidation sites excluding steroid dienone is 4. The van der Waals surface area contributed by atoms with Crippen molar-refractivity contribution in [2.75, 3.05) is 13.2 Å². The van der Waals surface area contributed by atoms with Crippen LogP contribution in [0.2, 0.25) is 0 Å². The van der Waals surface area contributed by atoms with Crippen molar-refractivity contribution < 1.29 is 28.6 Å². The fourth-order valence-corrected chi connectivity index (χ4v) is 11.7. The maximum Gasteiger partial charge on any atom is 0.306 e. The fraction of sp³-hybridized carbons (Fsp3) is 0.909. The van der Waals surface area contributed by atoms with Crippen molar-refractivity contribution in [2.24, 2.45) is 0 Å². The molecule has 6 heteroatoms. The monoisotopic (exact) mass is 1170 g/mol. The van der Waals surface area contributed by atoms with E-state index in [4.69, 9.17) is 14.2 Å². The maximum absolute atomic E-state index is 12.9. The van der Waals surface area contributed by atoms with Gasteiger partial charge in [-0.3, -0.25) is 14.4 Å². The Labute approximate surface area is 519 Å². The minimum atomic E-state index is -0.771. The molecule has 0 aromatic carbocycles. The number of ether oxygens (including phenoxy) is 3. The number of hydrogen-bond acceptors (Lipinski definition) is 6. The smallest absolute Gasteiger partial charge is 0.306 e. The van der Waals surface area contributed by atoms with E-state index < -0.39 is 6.10 Å². The lowest BCUT2D eigenvalue weighted by Gasteiger charge is -2.18. The van der Waals surface area contributed by atoms with E-state index in [1.54, 1.807) is 0 Å². The molecule has 0 fully saturated rings. The predicted octanol–water partition coefficient (Wildman–Crippen LogP) is 26.1. The molecule has 0 N–H and O–H groups in total. The third-order valence-corrected chi connectivity index (χ3v) is 17.4. The maximum atomic E-state index is 12.9. The zero-order valence-electron chi connectivity index (χ0n) is 56.5. The van der Waals surface area contributed by atoms with Gasteiger partial charge in [-0.1, -0.05) is 373 Å². The third-order valence-electron chi connectivity index (χ3n) is 17.4. The molecule has 6 nitrogen and oxygen atoms in total. The Morgan fingerprint density at radius 2 is 0.410 bits per heavy atom. The van der Waals surface area contributed by atoms with Crippen LogP contribution in [0.5, 0.6) is 0 Å². The van der Waals surface area contributed by atoms with Crippen LogP contribution in [0.4, 0.5) is 0 Å². The second kappa shape index (κ2) is 72.4. The molecule has 0 heterocycles. The molecular formula is C77H146O6. The van der Waals surface area contributed by atoms with Crippen molar-refractivity contribution >= 4 is 17.9 Å². The summed E-state index contributed by atoms with van der Waals surface area (Å²) in [6, 6.07) is 0. The van der Waals surface area contributed by atoms with Gasteiger partial charge in [0, 0.05) is 19.3 Å². The summed E-state index contributed by atoms with van der Waals surface area (Å²) in [5.74, 6) is -0.844. The van der Waals surface area contributed by atoms with Crippen molar-refractivity contribution in [1.82, 2.24) is 0 Å². The van der Waals surface area contributed by atoms with Gasteiger partial charge < -0.3 is 14.2 Å². The van der Waals surface area contributed by atoms with Gasteiger partial charge in [0.15, 0.2) is 6.10 Å². The Morgan fingerprint density at radius 3 is 0.639 bits per heavy atom. The molecule has 83 heavy (non-hydrogen) atoms. The van der Waals surface area contributed by atoms with Crippen LogP contribution in [0.25, 0.3) is 0 Å². The standard InChI is InChI=1S/C77H146O6/c1-4-7-10-13-16-19-22-24-26-28-30-32-33-34-35-36-37-38-39-40-41-42-43-45-46-48-50-52-55-58-61-64-67-70-76(79)82-73-74(72-81-75(78)69-66-63-60-57-54-21-18-15-12-9-6-3)83-77(80)71-68-65-62-59-56-53-51-49-47-44-31-29-27-25-23-20-17-14-11-8-5-2/h15,18,28,30,74H,4-14,16-17,19-27,29,31-73H2,1-3H3/b18-15-,30-28-. The van der Waals surface area contributed by atoms with E-state index >= 15 is 0 Å². The second-order valence-corrected chi connectivity index (χ2v) is 25.9. The van der Waals surface area contributed by atoms with Crippen LogP contribution in [-0.4, -0.2) is 37.2 Å². The van der Waals surface area contributed by atoms with Crippen molar-refractivity contribution in [3.05, 3.63) is 24.3 Å². The lowest BCUT2D eigenvalue weighted by molar-refractivity contribution is -0.167. The largest absolute Gasteiger partial charge is 0.462 e. The predicted molar refractivity (Wildman–Crippen MR) is 363 cm³/mol. The molecule has 0 radical (unpaired) electrons. The lowest BCUT2D eigenvalue weighted by Crippen LogP contribution is -2.30. The average molecular weight is 1170 g/mol. The SMILES string of the molecule is CCCC/C=C\CCCCCCCC(=O)OCC(COC(=O)CCCCCCCCCCCCCCCCCCCCCCC/C=C\CCCCCCCCCC)OC(=O)CCCCCCCCCCCCCCCCCCCCCCC. The van der Waals surface area contributed by atoms with Crippen LogP contribution in [0.15, 0.2) is 24.3 Å². The zero-order valence-corrected chi connectivity index (χ0v) is 56.5. The molecule has 0 aromatic heterocycles. The van der Waals surface area contributed by atoms with E-state index in [1.807, 2.05) is 0 Å². The van der Waals surface area contributed by atoms with Crippen LogP contribution in [0, 0.1) is 0 Å². The summed E-state index contributed by atoms with van der Waals surface area (Å²) >= 11 is 0. The minimum absolute atomic E-state index is 0.0671. The number of rotatable bonds is 71. The molecule has 1 atom stereocenters. The summed E-state index contributed by atoms with van der Waals surface area (Å²) < 4.78 is 17.0. The van der Waals surface area contributed by atoms with Crippen LogP contribution in [0.1, 0.15) is 432 Å². The number of esters is 3. The topological polar surface area (TPSA) is 78.9 Å². The molecule has 0 aliphatic carbocycles. The first-order chi connectivity index (χ1) is 41.0. The van der Waals surface area contributed by atoms with Crippen LogP contribution >= 0.6 is 0 Å². The van der Waals surface area contributed by atoms with Crippen molar-refractivity contribution in [2.45, 2.75) is 438 Å². The van der Waals surface area contributed by atoms with E-state index in [0.29, 0.717) is 19.3 Å². The third kappa shape index (κ3) is 70.5. The molecule has 490 valence electrons. The Balaban J connectivity index is 4.06. The Kier molecular flexibility index (Phi) is 70.5. The van der Waals surface area contributed by atoms with E-state index in [2.05, 4.69) is 45.1 Å². The van der Waals surface area contributed by atoms with Crippen molar-refractivity contribution in [3.63, 3.8) is 0 Å². The fourth-order valence-electron chi connectivity index (χ4n) is 11.7. The van der Waals surface area contributed by atoms with Gasteiger partial charge in [0.25, 0.3) is 0 Å². The Morgan fingerprint density at radius 1 is 0.229 bits per heavy atom. The number of carbonyl (C=O) groups is 3. The number of hydrogen-bond donors (Lipinski definition) is 0. The Hall–Kier alpha value is -2.11. The van der Waals surface area contributed by atoms with Gasteiger partial charge in [0.1, 0.15) is 13.2 Å². The first kappa shape index (κ1) is 80.9. The van der Waals surface area contributed by atoms with Gasteiger partial charge in [-0.05, 0) is 64.2 Å². The van der Waals surface area contributed by atoms with E-state index in [-0.39, 0.29) is 31.1 Å². The zero-order chi connectivity index (χ0) is 59.9. The lowest BCUT2D eigenvalue weighted by atomic mass is 10.0. The summed E-state index contributed by atoms with van der Waals surface area (Å²) in [5, 5.41) is 0.